The Kier molecular flexibility index (Phi) is 3.45. The van der Waals surface area contributed by atoms with E-state index in [2.05, 4.69) is 17.3 Å². The van der Waals surface area contributed by atoms with Gasteiger partial charge in [-0.05, 0) is 54.4 Å². The summed E-state index contributed by atoms with van der Waals surface area (Å²) >= 11 is 0. The number of hydrogen-bond donors (Lipinski definition) is 0. The molecule has 0 spiro atoms. The van der Waals surface area contributed by atoms with Crippen molar-refractivity contribution in [3.05, 3.63) is 64.4 Å². The van der Waals surface area contributed by atoms with Gasteiger partial charge in [0.2, 0.25) is 0 Å². The van der Waals surface area contributed by atoms with Crippen LogP contribution in [0.3, 0.4) is 0 Å². The number of non-ortho nitro benzene ring substituents is 1. The number of amides is 2. The van der Waals surface area contributed by atoms with Crippen LogP contribution in [0.25, 0.3) is 11.3 Å². The Labute approximate surface area is 171 Å². The monoisotopic (exact) mass is 403 g/mol. The molecule has 2 amide bonds. The number of nitro groups is 1. The first-order chi connectivity index (χ1) is 14.5. The third kappa shape index (κ3) is 2.36. The number of nitro benzene ring substituents is 1. The summed E-state index contributed by atoms with van der Waals surface area (Å²) in [7, 11) is 0. The fourth-order valence-corrected chi connectivity index (χ4v) is 5.49. The van der Waals surface area contributed by atoms with Crippen LogP contribution in [0.15, 0.2) is 58.1 Å². The molecular formula is C22H17N3O5. The van der Waals surface area contributed by atoms with E-state index >= 15 is 0 Å². The number of rotatable bonds is 4. The van der Waals surface area contributed by atoms with Crippen LogP contribution in [0.1, 0.15) is 12.2 Å². The number of imide groups is 1. The second-order valence-corrected chi connectivity index (χ2v) is 8.39. The lowest BCUT2D eigenvalue weighted by atomic mass is 9.63. The van der Waals surface area contributed by atoms with Crippen LogP contribution >= 0.6 is 0 Å². The van der Waals surface area contributed by atoms with Gasteiger partial charge in [0.1, 0.15) is 11.5 Å². The smallest absolute Gasteiger partial charge is 0.269 e. The van der Waals surface area contributed by atoms with E-state index in [1.165, 1.54) is 18.3 Å². The van der Waals surface area contributed by atoms with Gasteiger partial charge in [0.25, 0.3) is 17.5 Å². The van der Waals surface area contributed by atoms with Gasteiger partial charge in [0.05, 0.1) is 23.0 Å². The molecule has 0 radical (unpaired) electrons. The zero-order valence-electron chi connectivity index (χ0n) is 15.8. The SMILES string of the molecule is O=C1[C@H]2[C@@H]3C=C[C@H]([C@@H]4C[C@H]34)[C@@H]2C(=O)N1/N=C\c1ccc(-c2ccc([N+](=O)[O-])cc2)o1. The van der Waals surface area contributed by atoms with Crippen LogP contribution in [0.5, 0.6) is 0 Å². The van der Waals surface area contributed by atoms with Crippen LogP contribution in [0, 0.1) is 45.6 Å². The van der Waals surface area contributed by atoms with Crippen molar-refractivity contribution < 1.29 is 18.9 Å². The Morgan fingerprint density at radius 1 is 1.00 bits per heavy atom. The average Bonchev–Trinajstić information content (AvgIpc) is 3.39. The Bertz CT molecular complexity index is 1110. The van der Waals surface area contributed by atoms with Crippen LogP contribution in [0.4, 0.5) is 5.69 Å². The van der Waals surface area contributed by atoms with Gasteiger partial charge in [-0.1, -0.05) is 12.2 Å². The van der Waals surface area contributed by atoms with Crippen molar-refractivity contribution >= 4 is 23.7 Å². The summed E-state index contributed by atoms with van der Waals surface area (Å²) in [5.74, 6) is 1.36. The summed E-state index contributed by atoms with van der Waals surface area (Å²) in [5, 5.41) is 16.0. The molecule has 0 unspecified atom stereocenters. The van der Waals surface area contributed by atoms with Crippen molar-refractivity contribution in [2.75, 3.05) is 0 Å². The van der Waals surface area contributed by atoms with Crippen molar-refractivity contribution in [2.24, 2.45) is 40.6 Å². The van der Waals surface area contributed by atoms with E-state index in [-0.39, 0.29) is 41.2 Å². The summed E-state index contributed by atoms with van der Waals surface area (Å²) in [6, 6.07) is 9.41. The minimum atomic E-state index is -0.461. The maximum atomic E-state index is 12.9. The zero-order valence-corrected chi connectivity index (χ0v) is 15.8. The quantitative estimate of drug-likeness (QED) is 0.256. The Hall–Kier alpha value is -3.55. The highest BCUT2D eigenvalue weighted by atomic mass is 16.6. The molecule has 30 heavy (non-hydrogen) atoms. The molecule has 1 aliphatic heterocycles. The molecule has 7 rings (SSSR count). The first-order valence-corrected chi connectivity index (χ1v) is 9.98. The first kappa shape index (κ1) is 17.3. The molecule has 0 N–H and O–H groups in total. The van der Waals surface area contributed by atoms with E-state index in [0.29, 0.717) is 28.9 Å². The van der Waals surface area contributed by atoms with Gasteiger partial charge in [0.15, 0.2) is 0 Å². The molecule has 3 fully saturated rings. The van der Waals surface area contributed by atoms with E-state index < -0.39 is 4.92 Å². The second kappa shape index (κ2) is 5.98. The van der Waals surface area contributed by atoms with Gasteiger partial charge < -0.3 is 4.42 Å². The maximum absolute atomic E-state index is 12.9. The minimum absolute atomic E-state index is 0.000658. The van der Waals surface area contributed by atoms with Gasteiger partial charge in [0, 0.05) is 17.7 Å². The molecule has 2 heterocycles. The molecule has 2 saturated carbocycles. The fourth-order valence-electron chi connectivity index (χ4n) is 5.49. The lowest BCUT2D eigenvalue weighted by molar-refractivity contribution is -0.384. The molecule has 1 aromatic heterocycles. The molecular weight excluding hydrogens is 386 g/mol. The number of hydrogen-bond acceptors (Lipinski definition) is 6. The van der Waals surface area contributed by atoms with Gasteiger partial charge in [-0.2, -0.15) is 10.1 Å². The number of carbonyl (C=O) groups is 2. The topological polar surface area (TPSA) is 106 Å². The van der Waals surface area contributed by atoms with Gasteiger partial charge >= 0.3 is 0 Å². The molecule has 6 atom stereocenters. The molecule has 8 heteroatoms. The molecule has 8 nitrogen and oxygen atoms in total. The predicted octanol–water partition coefficient (Wildman–Crippen LogP) is 3.24. The third-order valence-corrected chi connectivity index (χ3v) is 6.93. The van der Waals surface area contributed by atoms with Crippen LogP contribution in [-0.4, -0.2) is 28.0 Å². The number of hydrazone groups is 1. The van der Waals surface area contributed by atoms with Crippen molar-refractivity contribution in [1.29, 1.82) is 0 Å². The van der Waals surface area contributed by atoms with Crippen LogP contribution < -0.4 is 0 Å². The highest BCUT2D eigenvalue weighted by Gasteiger charge is 2.67. The molecule has 5 aliphatic rings. The molecule has 1 saturated heterocycles. The Morgan fingerprint density at radius 3 is 2.23 bits per heavy atom. The number of furan rings is 1. The van der Waals surface area contributed by atoms with Gasteiger partial charge in [-0.15, -0.1) is 0 Å². The van der Waals surface area contributed by atoms with Gasteiger partial charge in [-0.3, -0.25) is 19.7 Å². The third-order valence-electron chi connectivity index (χ3n) is 6.93. The van der Waals surface area contributed by atoms with Crippen molar-refractivity contribution in [1.82, 2.24) is 5.01 Å². The van der Waals surface area contributed by atoms with E-state index in [1.807, 2.05) is 0 Å². The van der Waals surface area contributed by atoms with Crippen LogP contribution in [-0.2, 0) is 9.59 Å². The predicted molar refractivity (Wildman–Crippen MR) is 105 cm³/mol. The van der Waals surface area contributed by atoms with Crippen LogP contribution in [0.2, 0.25) is 0 Å². The van der Waals surface area contributed by atoms with Crippen molar-refractivity contribution in [2.45, 2.75) is 6.42 Å². The molecule has 2 bridgehead atoms. The minimum Gasteiger partial charge on any atom is -0.455 e. The van der Waals surface area contributed by atoms with Crippen molar-refractivity contribution in [3.8, 4) is 11.3 Å². The zero-order chi connectivity index (χ0) is 20.6. The normalized spacial score (nSPS) is 33.3. The molecule has 4 aliphatic carbocycles. The van der Waals surface area contributed by atoms with E-state index in [9.17, 15) is 19.7 Å². The Balaban J connectivity index is 1.22. The fraction of sp³-hybridized carbons (Fsp3) is 0.318. The maximum Gasteiger partial charge on any atom is 0.269 e. The summed E-state index contributed by atoms with van der Waals surface area (Å²) < 4.78 is 5.72. The van der Waals surface area contributed by atoms with Gasteiger partial charge in [-0.25, -0.2) is 0 Å². The summed E-state index contributed by atoms with van der Waals surface area (Å²) in [6.07, 6.45) is 6.75. The lowest BCUT2D eigenvalue weighted by Gasteiger charge is -2.37. The summed E-state index contributed by atoms with van der Waals surface area (Å²) in [6.45, 7) is 0. The average molecular weight is 403 g/mol. The van der Waals surface area contributed by atoms with E-state index in [0.717, 1.165) is 11.4 Å². The highest BCUT2D eigenvalue weighted by molar-refractivity contribution is 6.06. The Morgan fingerprint density at radius 2 is 1.63 bits per heavy atom. The van der Waals surface area contributed by atoms with E-state index in [4.69, 9.17) is 4.42 Å². The standard InChI is InChI=1S/C22H17N3O5/c26-21-19-14-6-7-15(17-9-16(14)17)20(19)22(27)24(21)23-10-13-5-8-18(30-13)11-1-3-12(4-2-11)25(28)29/h1-8,10,14-17,19-20H,9H2/b23-10-/t14-,15-,16-,17+,19+,20+/m1/s1. The number of carbonyl (C=O) groups excluding carboxylic acids is 2. The molecule has 2 aromatic rings. The van der Waals surface area contributed by atoms with Crippen molar-refractivity contribution in [3.63, 3.8) is 0 Å². The molecule has 150 valence electrons. The number of nitrogens with zero attached hydrogens (tertiary/aromatic N) is 3. The first-order valence-electron chi connectivity index (χ1n) is 9.98. The number of allylic oxidation sites excluding steroid dienone is 2. The number of benzene rings is 1. The second-order valence-electron chi connectivity index (χ2n) is 8.39. The molecule has 1 aromatic carbocycles. The largest absolute Gasteiger partial charge is 0.455 e. The summed E-state index contributed by atoms with van der Waals surface area (Å²) in [4.78, 5) is 36.1. The lowest BCUT2D eigenvalue weighted by Crippen LogP contribution is -2.40. The van der Waals surface area contributed by atoms with E-state index in [1.54, 1.807) is 24.3 Å². The summed E-state index contributed by atoms with van der Waals surface area (Å²) in [5.41, 5.74) is 0.683. The highest BCUT2D eigenvalue weighted by Crippen LogP contribution is 2.65.